The van der Waals surface area contributed by atoms with Gasteiger partial charge < -0.3 is 10.2 Å². The molecule has 1 unspecified atom stereocenters. The number of benzene rings is 1. The molecule has 7 heteroatoms. The Balaban J connectivity index is 1.51. The lowest BCUT2D eigenvalue weighted by molar-refractivity contribution is -0.116. The number of nitrogens with zero attached hydrogens (tertiary/aromatic N) is 4. The number of aromatic nitrogens is 3. The number of rotatable bonds is 3. The van der Waals surface area contributed by atoms with Gasteiger partial charge in [0.2, 0.25) is 5.91 Å². The number of amides is 2. The standard InChI is InChI=1S/C25H29N5O2/c1-3-19-14-22(25(32)29-12-6-4-5-7-16(29)2)26-23-15-21(28-30(19)23)18-8-10-20-17(13-18)9-11-24(31)27-20/h8,10,13-16H,3-7,9,11-12H2,1-2H3,(H,27,31). The van der Waals surface area contributed by atoms with Crippen molar-refractivity contribution in [2.45, 2.75) is 64.8 Å². The summed E-state index contributed by atoms with van der Waals surface area (Å²) in [4.78, 5) is 31.7. The van der Waals surface area contributed by atoms with Crippen LogP contribution in [0.1, 0.15) is 67.7 Å². The molecule has 1 N–H and O–H groups in total. The summed E-state index contributed by atoms with van der Waals surface area (Å²) in [5.74, 6) is 0.0783. The molecule has 1 aromatic carbocycles. The third kappa shape index (κ3) is 3.76. The Morgan fingerprint density at radius 2 is 2.03 bits per heavy atom. The molecule has 1 fully saturated rings. The summed E-state index contributed by atoms with van der Waals surface area (Å²) in [6, 6.07) is 10.1. The quantitative estimate of drug-likeness (QED) is 0.672. The van der Waals surface area contributed by atoms with Crippen LogP contribution >= 0.6 is 0 Å². The SMILES string of the molecule is CCc1cc(C(=O)N2CCCCCC2C)nc2cc(-c3ccc4c(c3)CCC(=O)N4)nn12. The van der Waals surface area contributed by atoms with Crippen molar-refractivity contribution in [2.24, 2.45) is 0 Å². The number of aryl methyl sites for hydroxylation is 2. The van der Waals surface area contributed by atoms with Crippen LogP contribution in [-0.2, 0) is 17.6 Å². The molecule has 32 heavy (non-hydrogen) atoms. The first-order chi connectivity index (χ1) is 15.5. The predicted molar refractivity (Wildman–Crippen MR) is 124 cm³/mol. The van der Waals surface area contributed by atoms with Crippen LogP contribution in [0.3, 0.4) is 0 Å². The first kappa shape index (κ1) is 20.7. The third-order valence-electron chi connectivity index (χ3n) is 6.69. The van der Waals surface area contributed by atoms with Gasteiger partial charge in [0.15, 0.2) is 5.65 Å². The molecule has 0 saturated carbocycles. The van der Waals surface area contributed by atoms with Gasteiger partial charge in [0.1, 0.15) is 5.69 Å². The molecule has 2 aromatic heterocycles. The fraction of sp³-hybridized carbons (Fsp3) is 0.440. The van der Waals surface area contributed by atoms with Crippen LogP contribution in [0, 0.1) is 0 Å². The number of likely N-dealkylation sites (tertiary alicyclic amines) is 1. The van der Waals surface area contributed by atoms with Gasteiger partial charge in [-0.15, -0.1) is 0 Å². The highest BCUT2D eigenvalue weighted by Crippen LogP contribution is 2.29. The summed E-state index contributed by atoms with van der Waals surface area (Å²) in [7, 11) is 0. The third-order valence-corrected chi connectivity index (χ3v) is 6.69. The molecule has 3 aromatic rings. The van der Waals surface area contributed by atoms with Crippen molar-refractivity contribution in [3.8, 4) is 11.3 Å². The summed E-state index contributed by atoms with van der Waals surface area (Å²) >= 11 is 0. The minimum atomic E-state index is 0.0175. The molecule has 0 spiro atoms. The van der Waals surface area contributed by atoms with Crippen molar-refractivity contribution >= 4 is 23.1 Å². The van der Waals surface area contributed by atoms with Crippen LogP contribution in [0.25, 0.3) is 16.9 Å². The Morgan fingerprint density at radius 3 is 2.88 bits per heavy atom. The maximum Gasteiger partial charge on any atom is 0.272 e. The van der Waals surface area contributed by atoms with E-state index in [-0.39, 0.29) is 17.9 Å². The molecule has 1 atom stereocenters. The van der Waals surface area contributed by atoms with Crippen LogP contribution in [0.2, 0.25) is 0 Å². The van der Waals surface area contributed by atoms with E-state index in [1.54, 1.807) is 0 Å². The molecule has 4 heterocycles. The highest BCUT2D eigenvalue weighted by atomic mass is 16.2. The zero-order valence-electron chi connectivity index (χ0n) is 18.7. The van der Waals surface area contributed by atoms with Gasteiger partial charge in [0.25, 0.3) is 5.91 Å². The van der Waals surface area contributed by atoms with E-state index in [0.29, 0.717) is 17.8 Å². The normalized spacial score (nSPS) is 18.9. The number of anilines is 1. The van der Waals surface area contributed by atoms with Gasteiger partial charge >= 0.3 is 0 Å². The second-order valence-corrected chi connectivity index (χ2v) is 8.90. The summed E-state index contributed by atoms with van der Waals surface area (Å²) in [6.45, 7) is 5.00. The topological polar surface area (TPSA) is 79.6 Å². The van der Waals surface area contributed by atoms with E-state index in [1.807, 2.05) is 33.7 Å². The van der Waals surface area contributed by atoms with Crippen molar-refractivity contribution in [1.82, 2.24) is 19.5 Å². The maximum absolute atomic E-state index is 13.3. The van der Waals surface area contributed by atoms with Gasteiger partial charge in [0.05, 0.1) is 5.69 Å². The van der Waals surface area contributed by atoms with Gasteiger partial charge in [-0.2, -0.15) is 5.10 Å². The Morgan fingerprint density at radius 1 is 1.16 bits per heavy atom. The van der Waals surface area contributed by atoms with E-state index in [2.05, 4.69) is 25.2 Å². The predicted octanol–water partition coefficient (Wildman–Crippen LogP) is 4.25. The van der Waals surface area contributed by atoms with Crippen molar-refractivity contribution < 1.29 is 9.59 Å². The average Bonchev–Trinajstić information content (AvgIpc) is 3.12. The highest BCUT2D eigenvalue weighted by molar-refractivity contribution is 5.94. The zero-order valence-corrected chi connectivity index (χ0v) is 18.7. The Hall–Kier alpha value is -3.22. The second kappa shape index (κ2) is 8.37. The lowest BCUT2D eigenvalue weighted by atomic mass is 9.99. The van der Waals surface area contributed by atoms with Crippen LogP contribution in [0.4, 0.5) is 5.69 Å². The van der Waals surface area contributed by atoms with Gasteiger partial charge in [-0.25, -0.2) is 9.50 Å². The minimum Gasteiger partial charge on any atom is -0.335 e. The maximum atomic E-state index is 13.3. The Labute approximate surface area is 187 Å². The van der Waals surface area contributed by atoms with Gasteiger partial charge in [-0.05, 0) is 56.4 Å². The number of hydrogen-bond acceptors (Lipinski definition) is 4. The number of nitrogens with one attached hydrogen (secondary N) is 1. The fourth-order valence-electron chi connectivity index (χ4n) is 4.81. The van der Waals surface area contributed by atoms with Crippen LogP contribution in [0.15, 0.2) is 30.3 Å². The lowest BCUT2D eigenvalue weighted by Gasteiger charge is -2.27. The van der Waals surface area contributed by atoms with E-state index in [4.69, 9.17) is 10.1 Å². The molecule has 0 radical (unpaired) electrons. The molecule has 5 rings (SSSR count). The molecular weight excluding hydrogens is 402 g/mol. The van der Waals surface area contributed by atoms with Gasteiger partial charge in [-0.1, -0.05) is 25.8 Å². The zero-order chi connectivity index (χ0) is 22.2. The van der Waals surface area contributed by atoms with E-state index < -0.39 is 0 Å². The van der Waals surface area contributed by atoms with E-state index in [9.17, 15) is 9.59 Å². The van der Waals surface area contributed by atoms with Gasteiger partial charge in [0, 0.05) is 42.0 Å². The van der Waals surface area contributed by atoms with Crippen molar-refractivity contribution in [3.63, 3.8) is 0 Å². The number of hydrogen-bond donors (Lipinski definition) is 1. The summed E-state index contributed by atoms with van der Waals surface area (Å²) in [5.41, 5.74) is 5.96. The number of fused-ring (bicyclic) bond motifs is 2. The highest BCUT2D eigenvalue weighted by Gasteiger charge is 2.25. The number of carbonyl (C=O) groups is 2. The fourth-order valence-corrected chi connectivity index (χ4v) is 4.81. The first-order valence-corrected chi connectivity index (χ1v) is 11.7. The van der Waals surface area contributed by atoms with Crippen LogP contribution in [0.5, 0.6) is 0 Å². The minimum absolute atomic E-state index is 0.0175. The smallest absolute Gasteiger partial charge is 0.272 e. The molecule has 166 valence electrons. The van der Waals surface area contributed by atoms with Crippen molar-refractivity contribution in [3.05, 3.63) is 47.3 Å². The number of carbonyl (C=O) groups excluding carboxylic acids is 2. The van der Waals surface area contributed by atoms with E-state index >= 15 is 0 Å². The summed E-state index contributed by atoms with van der Waals surface area (Å²) < 4.78 is 1.85. The molecule has 2 aliphatic heterocycles. The van der Waals surface area contributed by atoms with E-state index in [1.165, 1.54) is 12.8 Å². The second-order valence-electron chi connectivity index (χ2n) is 8.90. The monoisotopic (exact) mass is 431 g/mol. The molecule has 2 amide bonds. The lowest BCUT2D eigenvalue weighted by Crippen LogP contribution is -2.38. The van der Waals surface area contributed by atoms with Crippen molar-refractivity contribution in [1.29, 1.82) is 0 Å². The van der Waals surface area contributed by atoms with Crippen LogP contribution < -0.4 is 5.32 Å². The molecular formula is C25H29N5O2. The molecule has 1 saturated heterocycles. The average molecular weight is 432 g/mol. The molecule has 7 nitrogen and oxygen atoms in total. The summed E-state index contributed by atoms with van der Waals surface area (Å²) in [6.07, 6.45) is 6.44. The molecule has 0 bridgehead atoms. The largest absolute Gasteiger partial charge is 0.335 e. The van der Waals surface area contributed by atoms with Crippen LogP contribution in [-0.4, -0.2) is 43.9 Å². The molecule has 0 aliphatic carbocycles. The molecule has 2 aliphatic rings. The Kier molecular flexibility index (Phi) is 5.41. The van der Waals surface area contributed by atoms with E-state index in [0.717, 1.165) is 60.4 Å². The van der Waals surface area contributed by atoms with Crippen molar-refractivity contribution in [2.75, 3.05) is 11.9 Å². The summed E-state index contributed by atoms with van der Waals surface area (Å²) in [5, 5.41) is 7.73. The first-order valence-electron chi connectivity index (χ1n) is 11.7. The van der Waals surface area contributed by atoms with Gasteiger partial charge in [-0.3, -0.25) is 9.59 Å². The Bertz CT molecular complexity index is 1200.